The van der Waals surface area contributed by atoms with E-state index in [1.165, 1.54) is 18.2 Å². The van der Waals surface area contributed by atoms with Gasteiger partial charge in [0.1, 0.15) is 0 Å². The van der Waals surface area contributed by atoms with Crippen LogP contribution in [0.4, 0.5) is 0 Å². The molecule has 0 saturated carbocycles. The zero-order valence-electron chi connectivity index (χ0n) is 21.2. The Morgan fingerprint density at radius 1 is 0.886 bits per heavy atom. The van der Waals surface area contributed by atoms with Crippen molar-refractivity contribution in [1.82, 2.24) is 9.80 Å². The molecule has 1 atom stereocenters. The Balaban J connectivity index is 1.32. The first kappa shape index (κ1) is 24.9. The van der Waals surface area contributed by atoms with Gasteiger partial charge in [0.25, 0.3) is 11.7 Å². The molecule has 35 heavy (non-hydrogen) atoms. The van der Waals surface area contributed by atoms with Crippen molar-refractivity contribution in [1.29, 1.82) is 0 Å². The van der Waals surface area contributed by atoms with Crippen LogP contribution in [0.1, 0.15) is 39.4 Å². The predicted molar refractivity (Wildman–Crippen MR) is 132 cm³/mol. The Morgan fingerprint density at radius 3 is 2.14 bits per heavy atom. The number of amides is 1. The highest BCUT2D eigenvalue weighted by Gasteiger charge is 2.31. The minimum Gasteiger partial charge on any atom is -0.493 e. The van der Waals surface area contributed by atoms with Crippen LogP contribution in [-0.2, 0) is 17.6 Å². The van der Waals surface area contributed by atoms with E-state index in [2.05, 4.69) is 24.1 Å². The van der Waals surface area contributed by atoms with Gasteiger partial charge in [0.05, 0.1) is 28.4 Å². The second-order valence-corrected chi connectivity index (χ2v) is 9.16. The summed E-state index contributed by atoms with van der Waals surface area (Å²) < 4.78 is 21.5. The first-order valence-corrected chi connectivity index (χ1v) is 11.9. The number of rotatable bonds is 10. The van der Waals surface area contributed by atoms with E-state index >= 15 is 0 Å². The summed E-state index contributed by atoms with van der Waals surface area (Å²) in [7, 11) is 8.49. The van der Waals surface area contributed by atoms with E-state index in [0.717, 1.165) is 43.0 Å². The molecule has 1 heterocycles. The third-order valence-electron chi connectivity index (χ3n) is 7.04. The highest BCUT2D eigenvalue weighted by molar-refractivity contribution is 6.43. The molecule has 0 bridgehead atoms. The van der Waals surface area contributed by atoms with Crippen molar-refractivity contribution >= 4 is 11.7 Å². The molecule has 1 aliphatic heterocycles. The average Bonchev–Trinajstić information content (AvgIpc) is 2.97. The lowest BCUT2D eigenvalue weighted by atomic mass is 9.77. The fourth-order valence-electron chi connectivity index (χ4n) is 5.07. The Labute approximate surface area is 206 Å². The maximum absolute atomic E-state index is 12.9. The molecule has 8 nitrogen and oxygen atoms in total. The van der Waals surface area contributed by atoms with Gasteiger partial charge < -0.3 is 28.7 Å². The molecule has 0 radical (unpaired) electrons. The molecule has 0 spiro atoms. The van der Waals surface area contributed by atoms with Crippen LogP contribution >= 0.6 is 0 Å². The molecule has 2 aromatic rings. The van der Waals surface area contributed by atoms with E-state index in [-0.39, 0.29) is 0 Å². The topological polar surface area (TPSA) is 77.5 Å². The number of ketones is 1. The quantitative estimate of drug-likeness (QED) is 0.482. The summed E-state index contributed by atoms with van der Waals surface area (Å²) in [5.74, 6) is 2.07. The molecule has 2 aromatic carbocycles. The monoisotopic (exact) mass is 482 g/mol. The lowest BCUT2D eigenvalue weighted by Crippen LogP contribution is -2.38. The normalized spacial score (nSPS) is 16.9. The van der Waals surface area contributed by atoms with E-state index in [1.807, 2.05) is 0 Å². The van der Waals surface area contributed by atoms with Gasteiger partial charge in [-0.15, -0.1) is 0 Å². The van der Waals surface area contributed by atoms with Gasteiger partial charge in [-0.25, -0.2) is 0 Å². The predicted octanol–water partition coefficient (Wildman–Crippen LogP) is 2.95. The maximum Gasteiger partial charge on any atom is 0.294 e. The fourth-order valence-corrected chi connectivity index (χ4v) is 5.07. The van der Waals surface area contributed by atoms with E-state index in [9.17, 15) is 9.59 Å². The molecule has 0 saturated heterocycles. The van der Waals surface area contributed by atoms with Gasteiger partial charge in [0, 0.05) is 31.1 Å². The molecule has 0 aromatic heterocycles. The Hall–Kier alpha value is -3.26. The van der Waals surface area contributed by atoms with Crippen molar-refractivity contribution < 1.29 is 28.5 Å². The van der Waals surface area contributed by atoms with Gasteiger partial charge in [-0.05, 0) is 73.8 Å². The lowest BCUT2D eigenvalue weighted by Gasteiger charge is -2.34. The number of ether oxygens (including phenoxy) is 4. The number of methoxy groups -OCH3 is 4. The van der Waals surface area contributed by atoms with Crippen LogP contribution in [0.3, 0.4) is 0 Å². The zero-order chi connectivity index (χ0) is 25.1. The highest BCUT2D eigenvalue weighted by Crippen LogP contribution is 2.42. The number of benzene rings is 2. The van der Waals surface area contributed by atoms with Crippen LogP contribution in [0.25, 0.3) is 0 Å². The molecule has 0 N–H and O–H groups in total. The number of fused-ring (bicyclic) bond motifs is 2. The van der Waals surface area contributed by atoms with Crippen molar-refractivity contribution in [3.63, 3.8) is 0 Å². The molecule has 2 aliphatic rings. The molecule has 8 heteroatoms. The number of likely N-dealkylation sites (N-methyl/N-ethyl adjacent to an activating group) is 1. The first-order chi connectivity index (χ1) is 16.9. The van der Waals surface area contributed by atoms with Gasteiger partial charge in [-0.2, -0.15) is 0 Å². The third-order valence-corrected chi connectivity index (χ3v) is 7.04. The fraction of sp³-hybridized carbons (Fsp3) is 0.481. The van der Waals surface area contributed by atoms with Crippen LogP contribution in [0.15, 0.2) is 24.3 Å². The Bertz CT molecular complexity index is 1120. The number of Topliss-reactive ketones (excluding diaryl/α,β-unsaturated/α-hetero) is 1. The SMILES string of the molecule is COc1cc2c(cc1OC)C(=O)C(=O)N(CCCN(C)C[C@H]1Cc3cc(OC)c(OC)cc31)CC2. The van der Waals surface area contributed by atoms with Crippen LogP contribution in [-0.4, -0.2) is 83.2 Å². The molecule has 1 aliphatic carbocycles. The molecule has 188 valence electrons. The smallest absolute Gasteiger partial charge is 0.294 e. The highest BCUT2D eigenvalue weighted by atomic mass is 16.5. The number of hydrogen-bond donors (Lipinski definition) is 0. The van der Waals surface area contributed by atoms with E-state index in [1.54, 1.807) is 38.4 Å². The van der Waals surface area contributed by atoms with E-state index < -0.39 is 11.7 Å². The van der Waals surface area contributed by atoms with Gasteiger partial charge in [0.15, 0.2) is 23.0 Å². The molecule has 4 rings (SSSR count). The second-order valence-electron chi connectivity index (χ2n) is 9.16. The molecular weight excluding hydrogens is 448 g/mol. The van der Waals surface area contributed by atoms with Gasteiger partial charge in [-0.3, -0.25) is 9.59 Å². The van der Waals surface area contributed by atoms with Crippen molar-refractivity contribution in [2.24, 2.45) is 0 Å². The summed E-state index contributed by atoms with van der Waals surface area (Å²) in [6.45, 7) is 2.82. The summed E-state index contributed by atoms with van der Waals surface area (Å²) >= 11 is 0. The van der Waals surface area contributed by atoms with Gasteiger partial charge in [0.2, 0.25) is 0 Å². The summed E-state index contributed by atoms with van der Waals surface area (Å²) in [5.41, 5.74) is 3.84. The summed E-state index contributed by atoms with van der Waals surface area (Å²) in [4.78, 5) is 29.8. The Kier molecular flexibility index (Phi) is 7.50. The third kappa shape index (κ3) is 4.93. The van der Waals surface area contributed by atoms with Crippen molar-refractivity contribution in [2.75, 3.05) is 61.7 Å². The molecule has 0 fully saturated rings. The van der Waals surface area contributed by atoms with Crippen molar-refractivity contribution in [2.45, 2.75) is 25.2 Å². The molecule has 0 unspecified atom stereocenters. The minimum absolute atomic E-state index is 0.406. The first-order valence-electron chi connectivity index (χ1n) is 11.9. The van der Waals surface area contributed by atoms with Crippen LogP contribution in [0.5, 0.6) is 23.0 Å². The number of carbonyl (C=O) groups excluding carboxylic acids is 2. The largest absolute Gasteiger partial charge is 0.493 e. The average molecular weight is 483 g/mol. The molecular formula is C27H34N2O6. The number of carbonyl (C=O) groups is 2. The van der Waals surface area contributed by atoms with Gasteiger partial charge in [-0.1, -0.05) is 0 Å². The summed E-state index contributed by atoms with van der Waals surface area (Å²) in [6.07, 6.45) is 2.42. The molecule has 1 amide bonds. The van der Waals surface area contributed by atoms with Crippen LogP contribution < -0.4 is 18.9 Å². The summed E-state index contributed by atoms with van der Waals surface area (Å²) in [5, 5.41) is 0. The standard InChI is InChI=1S/C27H34N2O6/c1-28(16-19-11-18-13-23(33-3)24(34-4)14-20(18)19)8-6-9-29-10-7-17-12-22(32-2)25(35-5)15-21(17)26(30)27(29)31/h12-15,19H,6-11,16H2,1-5H3/t19-/m1/s1. The van der Waals surface area contributed by atoms with Crippen LogP contribution in [0.2, 0.25) is 0 Å². The minimum atomic E-state index is -0.484. The van der Waals surface area contributed by atoms with Crippen molar-refractivity contribution in [3.8, 4) is 23.0 Å². The van der Waals surface area contributed by atoms with E-state index in [4.69, 9.17) is 18.9 Å². The number of nitrogens with zero attached hydrogens (tertiary/aromatic N) is 2. The second kappa shape index (κ2) is 10.6. The van der Waals surface area contributed by atoms with E-state index in [0.29, 0.717) is 42.5 Å². The Morgan fingerprint density at radius 2 is 1.49 bits per heavy atom. The zero-order valence-corrected chi connectivity index (χ0v) is 21.2. The summed E-state index contributed by atoms with van der Waals surface area (Å²) in [6, 6.07) is 7.57. The van der Waals surface area contributed by atoms with Crippen molar-refractivity contribution in [3.05, 3.63) is 46.5 Å². The van der Waals surface area contributed by atoms with Crippen LogP contribution in [0, 0.1) is 0 Å². The van der Waals surface area contributed by atoms with Gasteiger partial charge >= 0.3 is 0 Å². The lowest BCUT2D eigenvalue weighted by molar-refractivity contribution is -0.126. The number of hydrogen-bond acceptors (Lipinski definition) is 7. The maximum atomic E-state index is 12.9.